The average Bonchev–Trinajstić information content (AvgIpc) is 3.58. The molecule has 6 nitrogen and oxygen atoms in total. The molecule has 4 aromatic rings. The molecule has 2 heterocycles. The summed E-state index contributed by atoms with van der Waals surface area (Å²) in [5, 5.41) is 3.01. The van der Waals surface area contributed by atoms with E-state index in [4.69, 9.17) is 0 Å². The van der Waals surface area contributed by atoms with E-state index in [1.54, 1.807) is 6.20 Å². The molecule has 3 aromatic carbocycles. The van der Waals surface area contributed by atoms with Crippen LogP contribution in [-0.4, -0.2) is 33.2 Å². The lowest BCUT2D eigenvalue weighted by molar-refractivity contribution is -0.137. The second-order valence-electron chi connectivity index (χ2n) is 10.4. The second kappa shape index (κ2) is 12.0. The van der Waals surface area contributed by atoms with E-state index in [1.807, 2.05) is 65.6 Å². The van der Waals surface area contributed by atoms with Gasteiger partial charge in [-0.25, -0.2) is 4.98 Å². The van der Waals surface area contributed by atoms with Gasteiger partial charge in [-0.05, 0) is 72.3 Å². The molecule has 2 atom stereocenters. The zero-order valence-electron chi connectivity index (χ0n) is 22.6. The van der Waals surface area contributed by atoms with Crippen LogP contribution in [0.4, 0.5) is 0 Å². The molecule has 0 unspecified atom stereocenters. The van der Waals surface area contributed by atoms with Crippen LogP contribution in [0.3, 0.4) is 0 Å². The number of hydrogen-bond donors (Lipinski definition) is 2. The fourth-order valence-corrected chi connectivity index (χ4v) is 5.17. The van der Waals surface area contributed by atoms with Crippen molar-refractivity contribution in [1.82, 2.24) is 20.2 Å². The summed E-state index contributed by atoms with van der Waals surface area (Å²) < 4.78 is 0. The van der Waals surface area contributed by atoms with Gasteiger partial charge in [0.05, 0.1) is 12.2 Å². The van der Waals surface area contributed by atoms with Crippen LogP contribution in [-0.2, 0) is 9.59 Å². The standard InChI is InChI=1S/C35H30N4O2/c40-34(29-21-22-29)38-32(28-13-5-2-6-14-28)35(41)39-23-9-16-31(39)33-36-24-30(37-33)15-8-7-10-25-17-19-27(20-18-25)26-11-3-1-4-12-26/h1-6,11-14,17-20,24,29,31-32H,9,16,21-23H2,(H,36,37)(H,38,40)/t31-,32+/m0/s1. The second-order valence-corrected chi connectivity index (χ2v) is 10.4. The Morgan fingerprint density at radius 3 is 2.27 bits per heavy atom. The first-order valence-corrected chi connectivity index (χ1v) is 14.0. The summed E-state index contributed by atoms with van der Waals surface area (Å²) in [6, 6.07) is 26.9. The van der Waals surface area contributed by atoms with Crippen LogP contribution >= 0.6 is 0 Å². The van der Waals surface area contributed by atoms with Gasteiger partial charge in [0.25, 0.3) is 0 Å². The minimum absolute atomic E-state index is 0.0198. The highest BCUT2D eigenvalue weighted by atomic mass is 16.2. The third-order valence-electron chi connectivity index (χ3n) is 7.52. The van der Waals surface area contributed by atoms with Crippen molar-refractivity contribution in [3.8, 4) is 34.8 Å². The minimum atomic E-state index is -0.712. The van der Waals surface area contributed by atoms with Crippen LogP contribution in [0.25, 0.3) is 11.1 Å². The van der Waals surface area contributed by atoms with Crippen molar-refractivity contribution in [3.63, 3.8) is 0 Å². The highest BCUT2D eigenvalue weighted by molar-refractivity contribution is 5.90. The third-order valence-corrected chi connectivity index (χ3v) is 7.52. The van der Waals surface area contributed by atoms with Crippen LogP contribution < -0.4 is 5.32 Å². The molecule has 2 aliphatic rings. The number of carbonyl (C=O) groups is 2. The van der Waals surface area contributed by atoms with Crippen LogP contribution in [0.5, 0.6) is 0 Å². The Labute approximate surface area is 240 Å². The van der Waals surface area contributed by atoms with E-state index >= 15 is 0 Å². The van der Waals surface area contributed by atoms with Gasteiger partial charge in [0.1, 0.15) is 17.6 Å². The molecule has 202 valence electrons. The summed E-state index contributed by atoms with van der Waals surface area (Å²) >= 11 is 0. The van der Waals surface area contributed by atoms with Gasteiger partial charge in [0.15, 0.2) is 0 Å². The lowest BCUT2D eigenvalue weighted by Gasteiger charge is -2.28. The number of carbonyl (C=O) groups excluding carboxylic acids is 2. The minimum Gasteiger partial charge on any atom is -0.340 e. The molecule has 2 fully saturated rings. The maximum Gasteiger partial charge on any atom is 0.250 e. The maximum atomic E-state index is 13.8. The molecule has 6 heteroatoms. The molecule has 6 rings (SSSR count). The summed E-state index contributed by atoms with van der Waals surface area (Å²) in [6.07, 6.45) is 5.11. The molecule has 41 heavy (non-hydrogen) atoms. The number of likely N-dealkylation sites (tertiary alicyclic amines) is 1. The SMILES string of the molecule is O=C(N[C@@H](C(=O)N1CCC[C@H]1c1ncc(C#CC#Cc2ccc(-c3ccccc3)cc2)[nH]1)c1ccccc1)C1CC1. The molecule has 1 saturated heterocycles. The van der Waals surface area contributed by atoms with Crippen LogP contribution in [0, 0.1) is 29.6 Å². The monoisotopic (exact) mass is 538 g/mol. The normalized spacial score (nSPS) is 16.6. The molecular weight excluding hydrogens is 508 g/mol. The molecular formula is C35H30N4O2. The number of nitrogens with one attached hydrogen (secondary N) is 2. The van der Waals surface area contributed by atoms with Crippen LogP contribution in [0.1, 0.15) is 60.4 Å². The number of nitrogens with zero attached hydrogens (tertiary/aromatic N) is 2. The van der Waals surface area contributed by atoms with E-state index in [0.29, 0.717) is 18.1 Å². The van der Waals surface area contributed by atoms with Crippen molar-refractivity contribution in [1.29, 1.82) is 0 Å². The Morgan fingerprint density at radius 2 is 1.54 bits per heavy atom. The number of H-pyrrole nitrogens is 1. The van der Waals surface area contributed by atoms with Gasteiger partial charge in [0, 0.05) is 18.0 Å². The van der Waals surface area contributed by atoms with Gasteiger partial charge in [-0.3, -0.25) is 9.59 Å². The summed E-state index contributed by atoms with van der Waals surface area (Å²) in [5.41, 5.74) is 4.65. The quantitative estimate of drug-likeness (QED) is 0.322. The topological polar surface area (TPSA) is 78.1 Å². The first-order chi connectivity index (χ1) is 20.2. The number of amides is 2. The predicted octanol–water partition coefficient (Wildman–Crippen LogP) is 5.41. The molecule has 2 N–H and O–H groups in total. The van der Waals surface area contributed by atoms with Crippen molar-refractivity contribution in [2.75, 3.05) is 6.54 Å². The Morgan fingerprint density at radius 1 is 0.854 bits per heavy atom. The molecule has 1 aliphatic heterocycles. The van der Waals surface area contributed by atoms with Gasteiger partial charge in [0.2, 0.25) is 11.8 Å². The molecule has 0 bridgehead atoms. The molecule has 2 amide bonds. The van der Waals surface area contributed by atoms with Gasteiger partial charge < -0.3 is 15.2 Å². The smallest absolute Gasteiger partial charge is 0.250 e. The first kappa shape index (κ1) is 26.2. The molecule has 0 spiro atoms. The first-order valence-electron chi connectivity index (χ1n) is 14.0. The van der Waals surface area contributed by atoms with Gasteiger partial charge >= 0.3 is 0 Å². The number of rotatable bonds is 6. The van der Waals surface area contributed by atoms with Crippen molar-refractivity contribution in [2.45, 2.75) is 37.8 Å². The third kappa shape index (κ3) is 6.24. The Bertz CT molecular complexity index is 1650. The van der Waals surface area contributed by atoms with E-state index in [-0.39, 0.29) is 23.8 Å². The highest BCUT2D eigenvalue weighted by Crippen LogP contribution is 2.34. The van der Waals surface area contributed by atoms with E-state index < -0.39 is 6.04 Å². The lowest BCUT2D eigenvalue weighted by atomic mass is 10.0. The molecule has 1 saturated carbocycles. The lowest BCUT2D eigenvalue weighted by Crippen LogP contribution is -2.43. The Balaban J connectivity index is 1.13. The largest absolute Gasteiger partial charge is 0.340 e. The number of hydrogen-bond acceptors (Lipinski definition) is 3. The summed E-state index contributed by atoms with van der Waals surface area (Å²) in [6.45, 7) is 0.613. The zero-order chi connectivity index (χ0) is 28.0. The zero-order valence-corrected chi connectivity index (χ0v) is 22.6. The van der Waals surface area contributed by atoms with Crippen LogP contribution in [0.2, 0.25) is 0 Å². The molecule has 1 aliphatic carbocycles. The number of imidazole rings is 1. The number of benzene rings is 3. The summed E-state index contributed by atoms with van der Waals surface area (Å²) in [4.78, 5) is 36.1. The van der Waals surface area contributed by atoms with Gasteiger partial charge in [-0.1, -0.05) is 78.7 Å². The van der Waals surface area contributed by atoms with Crippen molar-refractivity contribution in [3.05, 3.63) is 114 Å². The van der Waals surface area contributed by atoms with E-state index in [2.05, 4.69) is 63.2 Å². The Hall–Kier alpha value is -5.07. The Kier molecular flexibility index (Phi) is 7.65. The molecule has 1 aromatic heterocycles. The van der Waals surface area contributed by atoms with Crippen molar-refractivity contribution in [2.24, 2.45) is 5.92 Å². The van der Waals surface area contributed by atoms with E-state index in [9.17, 15) is 9.59 Å². The number of aromatic amines is 1. The van der Waals surface area contributed by atoms with Crippen LogP contribution in [0.15, 0.2) is 91.1 Å². The summed E-state index contributed by atoms with van der Waals surface area (Å²) in [7, 11) is 0. The van der Waals surface area contributed by atoms with Gasteiger partial charge in [-0.15, -0.1) is 0 Å². The van der Waals surface area contributed by atoms with Gasteiger partial charge in [-0.2, -0.15) is 0 Å². The highest BCUT2D eigenvalue weighted by Gasteiger charge is 2.38. The fourth-order valence-electron chi connectivity index (χ4n) is 5.17. The fraction of sp³-hybridized carbons (Fsp3) is 0.229. The van der Waals surface area contributed by atoms with E-state index in [1.165, 1.54) is 5.56 Å². The summed E-state index contributed by atoms with van der Waals surface area (Å²) in [5.74, 6) is 12.5. The average molecular weight is 539 g/mol. The van der Waals surface area contributed by atoms with Crippen molar-refractivity contribution < 1.29 is 9.59 Å². The van der Waals surface area contributed by atoms with Crippen molar-refractivity contribution >= 4 is 11.8 Å². The number of aromatic nitrogens is 2. The predicted molar refractivity (Wildman–Crippen MR) is 158 cm³/mol. The van der Waals surface area contributed by atoms with E-state index in [0.717, 1.165) is 42.4 Å². The molecule has 0 radical (unpaired) electrons. The maximum absolute atomic E-state index is 13.8.